The lowest BCUT2D eigenvalue weighted by molar-refractivity contribution is -0.0325. The average molecular weight is 401 g/mol. The summed E-state index contributed by atoms with van der Waals surface area (Å²) < 4.78 is 6.17. The van der Waals surface area contributed by atoms with Gasteiger partial charge in [0.2, 0.25) is 0 Å². The molecule has 0 aliphatic heterocycles. The maximum Gasteiger partial charge on any atom is 0.0582 e. The molecule has 0 bridgehead atoms. The Hall–Kier alpha value is -0.120. The van der Waals surface area contributed by atoms with Crippen molar-refractivity contribution >= 4 is 0 Å². The van der Waals surface area contributed by atoms with E-state index >= 15 is 0 Å². The van der Waals surface area contributed by atoms with Crippen molar-refractivity contribution in [3.05, 3.63) is 0 Å². The van der Waals surface area contributed by atoms with Crippen LogP contribution in [0.15, 0.2) is 0 Å². The summed E-state index contributed by atoms with van der Waals surface area (Å²) in [4.78, 5) is 0. The van der Waals surface area contributed by atoms with Crippen molar-refractivity contribution < 1.29 is 14.9 Å². The van der Waals surface area contributed by atoms with Crippen LogP contribution >= 0.6 is 0 Å². The van der Waals surface area contributed by atoms with Crippen LogP contribution in [0.5, 0.6) is 0 Å². The molecule has 0 saturated carbocycles. The number of hydrogen-bond donors (Lipinski definition) is 2. The van der Waals surface area contributed by atoms with Gasteiger partial charge < -0.3 is 14.9 Å². The Bertz CT molecular complexity index is 294. The van der Waals surface area contributed by atoms with Gasteiger partial charge in [-0.2, -0.15) is 0 Å². The molecule has 0 heterocycles. The van der Waals surface area contributed by atoms with Crippen molar-refractivity contribution in [1.29, 1.82) is 0 Å². The monoisotopic (exact) mass is 400 g/mol. The number of aliphatic hydroxyl groups is 2. The van der Waals surface area contributed by atoms with Crippen LogP contribution in [0.2, 0.25) is 0 Å². The van der Waals surface area contributed by atoms with Crippen LogP contribution < -0.4 is 0 Å². The van der Waals surface area contributed by atoms with Gasteiger partial charge in [-0.15, -0.1) is 0 Å². The number of ether oxygens (including phenoxy) is 1. The Morgan fingerprint density at radius 3 is 1.57 bits per heavy atom. The van der Waals surface area contributed by atoms with Crippen molar-refractivity contribution in [3.8, 4) is 0 Å². The molecule has 2 N–H and O–H groups in total. The van der Waals surface area contributed by atoms with E-state index in [9.17, 15) is 10.2 Å². The zero-order valence-corrected chi connectivity index (χ0v) is 19.5. The van der Waals surface area contributed by atoms with Gasteiger partial charge >= 0.3 is 0 Å². The van der Waals surface area contributed by atoms with Crippen LogP contribution in [0, 0.1) is 5.41 Å². The highest BCUT2D eigenvalue weighted by molar-refractivity contribution is 4.80. The second kappa shape index (κ2) is 20.2. The molecule has 3 nitrogen and oxygen atoms in total. The second-order valence-corrected chi connectivity index (χ2v) is 8.90. The summed E-state index contributed by atoms with van der Waals surface area (Å²) in [5, 5.41) is 19.6. The van der Waals surface area contributed by atoms with Gasteiger partial charge in [0.25, 0.3) is 0 Å². The van der Waals surface area contributed by atoms with E-state index in [1.54, 1.807) is 0 Å². The van der Waals surface area contributed by atoms with Crippen LogP contribution in [-0.2, 0) is 4.74 Å². The summed E-state index contributed by atoms with van der Waals surface area (Å²) in [6.07, 6.45) is 21.3. The zero-order chi connectivity index (χ0) is 20.9. The predicted molar refractivity (Wildman–Crippen MR) is 122 cm³/mol. The van der Waals surface area contributed by atoms with E-state index in [0.717, 1.165) is 32.3 Å². The van der Waals surface area contributed by atoms with Crippen LogP contribution in [0.25, 0.3) is 0 Å². The van der Waals surface area contributed by atoms with E-state index in [0.29, 0.717) is 0 Å². The fourth-order valence-corrected chi connectivity index (χ4v) is 3.91. The van der Waals surface area contributed by atoms with Crippen LogP contribution in [-0.4, -0.2) is 36.1 Å². The summed E-state index contributed by atoms with van der Waals surface area (Å²) in [5.41, 5.74) is -0.382. The molecule has 1 atom stereocenters. The molecular weight excluding hydrogens is 348 g/mol. The summed E-state index contributed by atoms with van der Waals surface area (Å²) in [6.45, 7) is 7.45. The van der Waals surface area contributed by atoms with Gasteiger partial charge in [-0.1, -0.05) is 104 Å². The first-order chi connectivity index (χ1) is 13.7. The molecule has 0 aromatic carbocycles. The van der Waals surface area contributed by atoms with Gasteiger partial charge in [-0.25, -0.2) is 0 Å². The third-order valence-electron chi connectivity index (χ3n) is 6.31. The summed E-state index contributed by atoms with van der Waals surface area (Å²) in [6, 6.07) is 0. The van der Waals surface area contributed by atoms with Crippen LogP contribution in [0.1, 0.15) is 130 Å². The standard InChI is InChI=1S/C25H52O3/c1-4-7-9-10-11-12-13-14-15-16-17-19-24(28-20-18-8-5-2)21-25(6-3,22-26)23-27/h24,26-27H,4-23H2,1-3H3. The minimum atomic E-state index is -0.382. The molecule has 0 amide bonds. The normalized spacial score (nSPS) is 13.2. The minimum absolute atomic E-state index is 0.0487. The number of unbranched alkanes of at least 4 members (excludes halogenated alkanes) is 12. The van der Waals surface area contributed by atoms with E-state index in [2.05, 4.69) is 20.8 Å². The molecule has 0 rings (SSSR count). The molecule has 170 valence electrons. The fraction of sp³-hybridized carbons (Fsp3) is 1.00. The Balaban J connectivity index is 4.00. The van der Waals surface area contributed by atoms with E-state index in [4.69, 9.17) is 4.74 Å². The SMILES string of the molecule is CCCCCCCCCCCCCC(CC(CC)(CO)CO)OCCCCC. The Morgan fingerprint density at radius 1 is 0.643 bits per heavy atom. The van der Waals surface area contributed by atoms with Gasteiger partial charge in [0.1, 0.15) is 0 Å². The largest absolute Gasteiger partial charge is 0.396 e. The third kappa shape index (κ3) is 14.8. The van der Waals surface area contributed by atoms with E-state index < -0.39 is 0 Å². The fourth-order valence-electron chi connectivity index (χ4n) is 3.91. The molecular formula is C25H52O3. The van der Waals surface area contributed by atoms with E-state index in [1.807, 2.05) is 0 Å². The molecule has 0 saturated heterocycles. The number of aliphatic hydroxyl groups excluding tert-OH is 2. The average Bonchev–Trinajstić information content (AvgIpc) is 2.73. The molecule has 0 spiro atoms. The molecule has 3 heteroatoms. The van der Waals surface area contributed by atoms with E-state index in [1.165, 1.54) is 83.5 Å². The summed E-state index contributed by atoms with van der Waals surface area (Å²) >= 11 is 0. The Morgan fingerprint density at radius 2 is 1.11 bits per heavy atom. The van der Waals surface area contributed by atoms with Crippen molar-refractivity contribution in [3.63, 3.8) is 0 Å². The Labute approximate surface area is 176 Å². The first-order valence-corrected chi connectivity index (χ1v) is 12.5. The maximum atomic E-state index is 9.78. The van der Waals surface area contributed by atoms with Crippen LogP contribution in [0.4, 0.5) is 0 Å². The minimum Gasteiger partial charge on any atom is -0.396 e. The van der Waals surface area contributed by atoms with Crippen molar-refractivity contribution in [2.24, 2.45) is 5.41 Å². The van der Waals surface area contributed by atoms with Crippen molar-refractivity contribution in [2.75, 3.05) is 19.8 Å². The molecule has 0 fully saturated rings. The predicted octanol–water partition coefficient (Wildman–Crippen LogP) is 7.03. The molecule has 0 radical (unpaired) electrons. The van der Waals surface area contributed by atoms with Gasteiger partial charge in [-0.05, 0) is 25.7 Å². The highest BCUT2D eigenvalue weighted by atomic mass is 16.5. The maximum absolute atomic E-state index is 9.78. The lowest BCUT2D eigenvalue weighted by Gasteiger charge is -2.32. The summed E-state index contributed by atoms with van der Waals surface area (Å²) in [5.74, 6) is 0. The first kappa shape index (κ1) is 27.9. The molecule has 0 aliphatic rings. The number of rotatable bonds is 22. The van der Waals surface area contributed by atoms with Crippen LogP contribution in [0.3, 0.4) is 0 Å². The molecule has 1 unspecified atom stereocenters. The zero-order valence-electron chi connectivity index (χ0n) is 19.5. The Kier molecular flexibility index (Phi) is 20.1. The third-order valence-corrected chi connectivity index (χ3v) is 6.31. The van der Waals surface area contributed by atoms with E-state index in [-0.39, 0.29) is 24.7 Å². The highest BCUT2D eigenvalue weighted by Crippen LogP contribution is 2.30. The van der Waals surface area contributed by atoms with Gasteiger partial charge in [0.15, 0.2) is 0 Å². The topological polar surface area (TPSA) is 49.7 Å². The molecule has 0 aromatic rings. The highest BCUT2D eigenvalue weighted by Gasteiger charge is 2.30. The van der Waals surface area contributed by atoms with Gasteiger partial charge in [0.05, 0.1) is 19.3 Å². The molecule has 0 aromatic heterocycles. The summed E-state index contributed by atoms with van der Waals surface area (Å²) in [7, 11) is 0. The van der Waals surface area contributed by atoms with Crippen molar-refractivity contribution in [2.45, 2.75) is 136 Å². The lowest BCUT2D eigenvalue weighted by atomic mass is 9.80. The molecule has 0 aliphatic carbocycles. The first-order valence-electron chi connectivity index (χ1n) is 12.5. The second-order valence-electron chi connectivity index (χ2n) is 8.90. The van der Waals surface area contributed by atoms with Gasteiger partial charge in [-0.3, -0.25) is 0 Å². The number of hydrogen-bond acceptors (Lipinski definition) is 3. The van der Waals surface area contributed by atoms with Crippen molar-refractivity contribution in [1.82, 2.24) is 0 Å². The molecule has 28 heavy (non-hydrogen) atoms. The quantitative estimate of drug-likeness (QED) is 0.192. The smallest absolute Gasteiger partial charge is 0.0582 e. The lowest BCUT2D eigenvalue weighted by Crippen LogP contribution is -2.34. The van der Waals surface area contributed by atoms with Gasteiger partial charge in [0, 0.05) is 12.0 Å².